The zero-order chi connectivity index (χ0) is 20.4. The van der Waals surface area contributed by atoms with E-state index in [-0.39, 0.29) is 5.41 Å². The number of hydrogen-bond donors (Lipinski definition) is 1. The Labute approximate surface area is 178 Å². The van der Waals surface area contributed by atoms with Gasteiger partial charge in [0.05, 0.1) is 30.0 Å². The van der Waals surface area contributed by atoms with E-state index in [1.165, 1.54) is 11.3 Å². The number of hydrogen-bond acceptors (Lipinski definition) is 7. The minimum Gasteiger partial charge on any atom is -0.381 e. The molecular weight excluding hydrogens is 378 g/mol. The van der Waals surface area contributed by atoms with Crippen LogP contribution in [0.4, 0.5) is 5.95 Å². The molecule has 2 fully saturated rings. The van der Waals surface area contributed by atoms with Gasteiger partial charge in [0.1, 0.15) is 0 Å². The summed E-state index contributed by atoms with van der Waals surface area (Å²) in [6.07, 6.45) is 7.14. The molecule has 2 aromatic rings. The van der Waals surface area contributed by atoms with Crippen LogP contribution in [0.25, 0.3) is 0 Å². The predicted molar refractivity (Wildman–Crippen MR) is 114 cm³/mol. The molecule has 30 heavy (non-hydrogen) atoms. The van der Waals surface area contributed by atoms with E-state index in [9.17, 15) is 0 Å². The molecule has 2 aromatic heterocycles. The number of rotatable bonds is 5. The fourth-order valence-electron chi connectivity index (χ4n) is 4.99. The van der Waals surface area contributed by atoms with Crippen molar-refractivity contribution in [2.24, 2.45) is 5.92 Å². The van der Waals surface area contributed by atoms with Gasteiger partial charge in [-0.25, -0.2) is 9.97 Å². The van der Waals surface area contributed by atoms with Crippen LogP contribution in [0, 0.1) is 12.8 Å². The van der Waals surface area contributed by atoms with Gasteiger partial charge in [0, 0.05) is 50.8 Å². The molecular formula is C23H31N5O2. The second-order valence-corrected chi connectivity index (χ2v) is 9.06. The fraction of sp³-hybridized carbons (Fsp3) is 0.609. The third kappa shape index (κ3) is 4.19. The van der Waals surface area contributed by atoms with E-state index in [2.05, 4.69) is 33.2 Å². The van der Waals surface area contributed by atoms with Gasteiger partial charge in [-0.15, -0.1) is 0 Å². The highest BCUT2D eigenvalue weighted by Crippen LogP contribution is 2.39. The van der Waals surface area contributed by atoms with Gasteiger partial charge in [0.15, 0.2) is 0 Å². The smallest absolute Gasteiger partial charge is 0.222 e. The largest absolute Gasteiger partial charge is 0.381 e. The van der Waals surface area contributed by atoms with Crippen LogP contribution in [-0.4, -0.2) is 59.3 Å². The highest BCUT2D eigenvalue weighted by molar-refractivity contribution is 5.36. The first-order valence-corrected chi connectivity index (χ1v) is 11.1. The first kappa shape index (κ1) is 19.8. The number of likely N-dealkylation sites (tertiary alicyclic amines) is 1. The number of aromatic nitrogens is 3. The topological polar surface area (TPSA) is 72.4 Å². The molecule has 0 bridgehead atoms. The monoisotopic (exact) mass is 409 g/mol. The fourth-order valence-corrected chi connectivity index (χ4v) is 4.99. The molecule has 0 aliphatic carbocycles. The molecule has 0 aromatic carbocycles. The predicted octanol–water partition coefficient (Wildman–Crippen LogP) is 2.69. The molecule has 0 amide bonds. The summed E-state index contributed by atoms with van der Waals surface area (Å²) < 4.78 is 11.5. The Morgan fingerprint density at radius 2 is 2.13 bits per heavy atom. The van der Waals surface area contributed by atoms with Crippen LogP contribution >= 0.6 is 0 Å². The summed E-state index contributed by atoms with van der Waals surface area (Å²) in [6, 6.07) is 4.22. The quantitative estimate of drug-likeness (QED) is 0.814. The Kier molecular flexibility index (Phi) is 5.67. The van der Waals surface area contributed by atoms with Crippen molar-refractivity contribution >= 4 is 5.95 Å². The molecule has 7 nitrogen and oxygen atoms in total. The molecule has 0 radical (unpaired) electrons. The number of fused-ring (bicyclic) bond motifs is 2. The number of nitrogens with zero attached hydrogens (tertiary/aromatic N) is 4. The van der Waals surface area contributed by atoms with E-state index in [4.69, 9.17) is 14.5 Å². The molecule has 7 heteroatoms. The molecule has 1 spiro atoms. The maximum atomic E-state index is 5.99. The zero-order valence-electron chi connectivity index (χ0n) is 17.8. The molecule has 0 saturated carbocycles. The molecule has 3 aliphatic heterocycles. The van der Waals surface area contributed by atoms with Crippen molar-refractivity contribution in [1.82, 2.24) is 19.9 Å². The Balaban J connectivity index is 1.30. The first-order chi connectivity index (χ1) is 14.7. The highest BCUT2D eigenvalue weighted by atomic mass is 16.5. The summed E-state index contributed by atoms with van der Waals surface area (Å²) in [5.74, 6) is 1.39. The third-order valence-corrected chi connectivity index (χ3v) is 6.68. The summed E-state index contributed by atoms with van der Waals surface area (Å²) >= 11 is 0. The van der Waals surface area contributed by atoms with Gasteiger partial charge in [-0.3, -0.25) is 9.88 Å². The lowest BCUT2D eigenvalue weighted by molar-refractivity contribution is 0.0502. The number of aryl methyl sites for hydroxylation is 1. The van der Waals surface area contributed by atoms with Gasteiger partial charge in [0.25, 0.3) is 0 Å². The SMILES string of the molecule is Cc1ccnc(CN2CCC3(COCc4cnc(NCC5CCOCC5)nc43)C2)c1. The molecule has 5 rings (SSSR count). The Morgan fingerprint density at radius 3 is 3.00 bits per heavy atom. The average molecular weight is 410 g/mol. The van der Waals surface area contributed by atoms with Crippen molar-refractivity contribution in [3.8, 4) is 0 Å². The molecule has 1 N–H and O–H groups in total. The van der Waals surface area contributed by atoms with E-state index < -0.39 is 0 Å². The second kappa shape index (κ2) is 8.57. The highest BCUT2D eigenvalue weighted by Gasteiger charge is 2.45. The van der Waals surface area contributed by atoms with Crippen molar-refractivity contribution in [1.29, 1.82) is 0 Å². The van der Waals surface area contributed by atoms with Crippen LogP contribution in [0.15, 0.2) is 24.5 Å². The minimum absolute atomic E-state index is 0.0462. The van der Waals surface area contributed by atoms with Crippen molar-refractivity contribution in [3.63, 3.8) is 0 Å². The van der Waals surface area contributed by atoms with E-state index in [1.807, 2.05) is 18.5 Å². The maximum absolute atomic E-state index is 5.99. The van der Waals surface area contributed by atoms with Gasteiger partial charge in [-0.1, -0.05) is 0 Å². The van der Waals surface area contributed by atoms with Crippen LogP contribution < -0.4 is 5.32 Å². The Bertz CT molecular complexity index is 886. The number of nitrogens with one attached hydrogen (secondary N) is 1. The average Bonchev–Trinajstić information content (AvgIpc) is 3.16. The molecule has 3 aliphatic rings. The van der Waals surface area contributed by atoms with Gasteiger partial charge >= 0.3 is 0 Å². The lowest BCUT2D eigenvalue weighted by Crippen LogP contribution is -2.40. The molecule has 5 heterocycles. The van der Waals surface area contributed by atoms with Crippen LogP contribution in [0.3, 0.4) is 0 Å². The Hall–Kier alpha value is -2.09. The first-order valence-electron chi connectivity index (χ1n) is 11.1. The second-order valence-electron chi connectivity index (χ2n) is 9.06. The van der Waals surface area contributed by atoms with Crippen LogP contribution in [0.5, 0.6) is 0 Å². The molecule has 2 saturated heterocycles. The van der Waals surface area contributed by atoms with Crippen molar-refractivity contribution in [2.75, 3.05) is 44.8 Å². The third-order valence-electron chi connectivity index (χ3n) is 6.68. The van der Waals surface area contributed by atoms with Gasteiger partial charge in [0.2, 0.25) is 5.95 Å². The minimum atomic E-state index is -0.0462. The number of anilines is 1. The van der Waals surface area contributed by atoms with Crippen molar-refractivity contribution < 1.29 is 9.47 Å². The van der Waals surface area contributed by atoms with E-state index in [1.54, 1.807) is 0 Å². The Morgan fingerprint density at radius 1 is 1.23 bits per heavy atom. The maximum Gasteiger partial charge on any atom is 0.222 e. The van der Waals surface area contributed by atoms with E-state index >= 15 is 0 Å². The van der Waals surface area contributed by atoms with Gasteiger partial charge in [-0.05, 0) is 56.3 Å². The summed E-state index contributed by atoms with van der Waals surface area (Å²) in [4.78, 5) is 16.6. The molecule has 1 unspecified atom stereocenters. The van der Waals surface area contributed by atoms with Gasteiger partial charge < -0.3 is 14.8 Å². The van der Waals surface area contributed by atoms with Gasteiger partial charge in [-0.2, -0.15) is 0 Å². The summed E-state index contributed by atoms with van der Waals surface area (Å²) in [5, 5.41) is 3.49. The lowest BCUT2D eigenvalue weighted by atomic mass is 9.80. The number of pyridine rings is 1. The van der Waals surface area contributed by atoms with Crippen molar-refractivity contribution in [3.05, 3.63) is 47.0 Å². The van der Waals surface area contributed by atoms with Crippen LogP contribution in [-0.2, 0) is 28.0 Å². The summed E-state index contributed by atoms with van der Waals surface area (Å²) in [5.41, 5.74) is 4.65. The van der Waals surface area contributed by atoms with Crippen LogP contribution in [0.1, 0.15) is 41.8 Å². The van der Waals surface area contributed by atoms with E-state index in [0.29, 0.717) is 12.5 Å². The van der Waals surface area contributed by atoms with Crippen LogP contribution in [0.2, 0.25) is 0 Å². The standard InChI is InChI=1S/C23H31N5O2/c1-17-2-6-24-20(10-17)13-28-7-5-23(15-28)16-30-14-19-12-26-22(27-21(19)23)25-11-18-3-8-29-9-4-18/h2,6,10,12,18H,3-5,7-9,11,13-16H2,1H3,(H,25,26,27). The lowest BCUT2D eigenvalue weighted by Gasteiger charge is -2.34. The summed E-state index contributed by atoms with van der Waals surface area (Å²) in [7, 11) is 0. The molecule has 160 valence electrons. The molecule has 1 atom stereocenters. The zero-order valence-corrected chi connectivity index (χ0v) is 17.8. The summed E-state index contributed by atoms with van der Waals surface area (Å²) in [6.45, 7) is 8.96. The number of ether oxygens (including phenoxy) is 2. The normalized spacial score (nSPS) is 24.8. The van der Waals surface area contributed by atoms with E-state index in [0.717, 1.165) is 82.5 Å². The van der Waals surface area contributed by atoms with Crippen molar-refractivity contribution in [2.45, 2.75) is 44.8 Å².